The van der Waals surface area contributed by atoms with Crippen LogP contribution in [0.25, 0.3) is 17.2 Å². The van der Waals surface area contributed by atoms with Crippen LogP contribution in [0.4, 0.5) is 10.1 Å². The number of benzene rings is 2. The molecule has 3 fully saturated rings. The van der Waals surface area contributed by atoms with Gasteiger partial charge in [0.15, 0.2) is 17.3 Å². The van der Waals surface area contributed by atoms with E-state index >= 15 is 4.39 Å². The highest BCUT2D eigenvalue weighted by Crippen LogP contribution is 2.48. The minimum absolute atomic E-state index is 0.00622. The van der Waals surface area contributed by atoms with Gasteiger partial charge in [-0.2, -0.15) is 9.50 Å². The Bertz CT molecular complexity index is 2550. The molecule has 9 rings (SSSR count). The van der Waals surface area contributed by atoms with Crippen LogP contribution in [0.2, 0.25) is 10.0 Å². The average Bonchev–Trinajstić information content (AvgIpc) is 3.90. The molecule has 6 heterocycles. The average molecular weight is 833 g/mol. The monoisotopic (exact) mass is 831 g/mol. The van der Waals surface area contributed by atoms with Crippen molar-refractivity contribution in [2.24, 2.45) is 0 Å². The molecular formula is C40H40Cl2FN9O6. The molecule has 1 spiro atoms. The predicted molar refractivity (Wildman–Crippen MR) is 211 cm³/mol. The summed E-state index contributed by atoms with van der Waals surface area (Å²) in [4.78, 5) is 58.4. The lowest BCUT2D eigenvalue weighted by atomic mass is 9.85. The lowest BCUT2D eigenvalue weighted by Crippen LogP contribution is -2.47. The van der Waals surface area contributed by atoms with Crippen LogP contribution < -0.4 is 10.9 Å². The summed E-state index contributed by atoms with van der Waals surface area (Å²) in [6.07, 6.45) is 3.17. The van der Waals surface area contributed by atoms with E-state index in [-0.39, 0.29) is 72.3 Å². The quantitative estimate of drug-likeness (QED) is 0.206. The van der Waals surface area contributed by atoms with Gasteiger partial charge in [-0.15, -0.1) is 5.10 Å². The maximum atomic E-state index is 16.0. The normalized spacial score (nSPS) is 19.2. The summed E-state index contributed by atoms with van der Waals surface area (Å²) >= 11 is 13.3. The number of halogens is 3. The van der Waals surface area contributed by atoms with Gasteiger partial charge in [0.05, 0.1) is 52.5 Å². The van der Waals surface area contributed by atoms with E-state index < -0.39 is 34.9 Å². The van der Waals surface area contributed by atoms with Crippen LogP contribution in [0, 0.1) is 12.7 Å². The van der Waals surface area contributed by atoms with E-state index in [0.717, 1.165) is 22.9 Å². The molecule has 1 unspecified atom stereocenters. The Hall–Kier alpha value is -5.00. The fourth-order valence-corrected chi connectivity index (χ4v) is 8.84. The first-order valence-corrected chi connectivity index (χ1v) is 20.1. The van der Waals surface area contributed by atoms with Crippen LogP contribution in [-0.2, 0) is 33.0 Å². The predicted octanol–water partition coefficient (Wildman–Crippen LogP) is 5.38. The molecule has 1 aliphatic carbocycles. The topological polar surface area (TPSA) is 169 Å². The van der Waals surface area contributed by atoms with Gasteiger partial charge in [-0.3, -0.25) is 19.3 Å². The van der Waals surface area contributed by atoms with Crippen LogP contribution in [0.3, 0.4) is 0 Å². The van der Waals surface area contributed by atoms with Gasteiger partial charge in [-0.1, -0.05) is 29.3 Å². The van der Waals surface area contributed by atoms with Crippen LogP contribution in [0.5, 0.6) is 5.75 Å². The van der Waals surface area contributed by atoms with E-state index in [1.54, 1.807) is 29.4 Å². The van der Waals surface area contributed by atoms with Gasteiger partial charge in [-0.25, -0.2) is 14.4 Å². The zero-order valence-corrected chi connectivity index (χ0v) is 33.3. The number of aromatic hydroxyl groups is 1. The number of piperidine rings is 1. The molecule has 302 valence electrons. The first kappa shape index (κ1) is 38.5. The number of aryl methyl sites for hydroxylation is 1. The third-order valence-corrected chi connectivity index (χ3v) is 12.3. The highest BCUT2D eigenvalue weighted by molar-refractivity contribution is 6.33. The first-order valence-electron chi connectivity index (χ1n) is 19.3. The number of carbonyl (C=O) groups excluding carboxylic acids is 2. The molecule has 15 nitrogen and oxygen atoms in total. The summed E-state index contributed by atoms with van der Waals surface area (Å²) in [5, 5.41) is 18.7. The van der Waals surface area contributed by atoms with E-state index in [4.69, 9.17) is 32.7 Å². The van der Waals surface area contributed by atoms with Crippen LogP contribution >= 0.6 is 23.2 Å². The van der Waals surface area contributed by atoms with Gasteiger partial charge in [-0.05, 0) is 80.8 Å². The molecule has 4 aliphatic rings. The Balaban J connectivity index is 1.09. The molecule has 2 amide bonds. The standard InChI is InChI=1S/C40H40Cl2FN9O6/c1-21-35(54)33(45-20-44-21)38(56)50-9-7-40(8-10-50)32-34(22(2)58-40)51(19-31(53)46-30-6-5-24(15-28(30)42)23-3-4-23)39-47-36(48-52(39)37(32)55)26-17-27(41)25(16-29(26)43)18-49-11-13-57-14-12-49/h5-6,15-17,20,22-23,54H,3-4,7-14,18-19H2,1-2H3,(H,46,53). The number of hydrogen-bond donors (Lipinski definition) is 2. The number of carbonyl (C=O) groups is 2. The third kappa shape index (κ3) is 6.89. The van der Waals surface area contributed by atoms with Crippen molar-refractivity contribution in [3.8, 4) is 17.1 Å². The van der Waals surface area contributed by atoms with Crippen molar-refractivity contribution in [1.29, 1.82) is 0 Å². The Morgan fingerprint density at radius 2 is 1.81 bits per heavy atom. The Morgan fingerprint density at radius 1 is 1.05 bits per heavy atom. The van der Waals surface area contributed by atoms with Crippen molar-refractivity contribution in [3.05, 3.63) is 96.6 Å². The van der Waals surface area contributed by atoms with Gasteiger partial charge in [0.1, 0.15) is 24.3 Å². The number of anilines is 1. The zero-order valence-electron chi connectivity index (χ0n) is 31.8. The summed E-state index contributed by atoms with van der Waals surface area (Å²) in [5.74, 6) is -1.44. The van der Waals surface area contributed by atoms with Crippen LogP contribution in [0.1, 0.15) is 83.2 Å². The summed E-state index contributed by atoms with van der Waals surface area (Å²) in [6.45, 7) is 6.37. The number of amides is 2. The largest absolute Gasteiger partial charge is 0.504 e. The molecule has 2 aromatic carbocycles. The molecule has 18 heteroatoms. The molecule has 3 aromatic heterocycles. The summed E-state index contributed by atoms with van der Waals surface area (Å²) in [5.41, 5.74) is 1.29. The second-order valence-electron chi connectivity index (χ2n) is 15.4. The number of nitrogens with zero attached hydrogens (tertiary/aromatic N) is 8. The fourth-order valence-electron chi connectivity index (χ4n) is 8.38. The minimum Gasteiger partial charge on any atom is -0.504 e. The SMILES string of the molecule is Cc1ncnc(C(=O)N2CCC3(CC2)OC(C)c2c3c(=O)n3nc(-c4cc(Cl)c(CN5CCOCC5)cc4F)nc3n2CC(=O)Nc2ccc(C3CC3)cc2Cl)c1O. The van der Waals surface area contributed by atoms with Crippen molar-refractivity contribution < 1.29 is 28.6 Å². The zero-order chi connectivity index (χ0) is 40.5. The molecular weight excluding hydrogens is 792 g/mol. The van der Waals surface area contributed by atoms with Crippen molar-refractivity contribution in [2.75, 3.05) is 44.7 Å². The summed E-state index contributed by atoms with van der Waals surface area (Å²) in [7, 11) is 0. The van der Waals surface area contributed by atoms with Crippen molar-refractivity contribution in [2.45, 2.75) is 70.2 Å². The maximum Gasteiger partial charge on any atom is 0.282 e. The Morgan fingerprint density at radius 3 is 2.53 bits per heavy atom. The molecule has 1 atom stereocenters. The minimum atomic E-state index is -1.16. The van der Waals surface area contributed by atoms with E-state index in [2.05, 4.69) is 30.3 Å². The second-order valence-corrected chi connectivity index (χ2v) is 16.2. The van der Waals surface area contributed by atoms with Gasteiger partial charge in [0, 0.05) is 37.7 Å². The van der Waals surface area contributed by atoms with E-state index in [1.807, 2.05) is 12.1 Å². The lowest BCUT2D eigenvalue weighted by molar-refractivity contribution is -0.116. The van der Waals surface area contributed by atoms with Gasteiger partial charge >= 0.3 is 0 Å². The van der Waals surface area contributed by atoms with E-state index in [1.165, 1.54) is 18.5 Å². The highest BCUT2D eigenvalue weighted by atomic mass is 35.5. The van der Waals surface area contributed by atoms with Crippen molar-refractivity contribution >= 4 is 46.5 Å². The molecule has 0 bridgehead atoms. The van der Waals surface area contributed by atoms with Crippen molar-refractivity contribution in [3.63, 3.8) is 0 Å². The lowest BCUT2D eigenvalue weighted by Gasteiger charge is -2.39. The Labute approximate surface area is 341 Å². The number of morpholine rings is 1. The highest BCUT2D eigenvalue weighted by Gasteiger charge is 2.51. The molecule has 58 heavy (non-hydrogen) atoms. The number of aromatic nitrogens is 6. The summed E-state index contributed by atoms with van der Waals surface area (Å²) in [6, 6.07) is 8.42. The molecule has 2 N–H and O–H groups in total. The third-order valence-electron chi connectivity index (χ3n) is 11.6. The molecule has 5 aromatic rings. The van der Waals surface area contributed by atoms with Crippen molar-refractivity contribution in [1.82, 2.24) is 38.9 Å². The second kappa shape index (κ2) is 15.0. The van der Waals surface area contributed by atoms with E-state index in [0.29, 0.717) is 65.8 Å². The van der Waals surface area contributed by atoms with E-state index in [9.17, 15) is 19.5 Å². The van der Waals surface area contributed by atoms with Gasteiger partial charge < -0.3 is 29.4 Å². The van der Waals surface area contributed by atoms with Gasteiger partial charge in [0.25, 0.3) is 11.5 Å². The number of nitrogens with one attached hydrogen (secondary N) is 1. The Kier molecular flexibility index (Phi) is 9.95. The van der Waals surface area contributed by atoms with Gasteiger partial charge in [0.2, 0.25) is 11.7 Å². The van der Waals surface area contributed by atoms with Crippen LogP contribution in [0.15, 0.2) is 41.5 Å². The first-order chi connectivity index (χ1) is 27.9. The van der Waals surface area contributed by atoms with Crippen LogP contribution in [-0.4, -0.2) is 95.2 Å². The summed E-state index contributed by atoms with van der Waals surface area (Å²) < 4.78 is 30.7. The number of likely N-dealkylation sites (tertiary alicyclic amines) is 1. The molecule has 2 saturated heterocycles. The molecule has 3 aliphatic heterocycles. The molecule has 0 radical (unpaired) electrons. The number of ether oxygens (including phenoxy) is 2. The number of rotatable bonds is 8. The number of hydrogen-bond acceptors (Lipinski definition) is 11. The smallest absolute Gasteiger partial charge is 0.282 e. The molecule has 1 saturated carbocycles. The number of fused-ring (bicyclic) bond motifs is 3. The fraction of sp³-hybridized carbons (Fsp3) is 0.425. The maximum absolute atomic E-state index is 16.0.